The summed E-state index contributed by atoms with van der Waals surface area (Å²) in [6.07, 6.45) is 1.78. The highest BCUT2D eigenvalue weighted by Gasteiger charge is 2.18. The lowest BCUT2D eigenvalue weighted by molar-refractivity contribution is -0.139. The van der Waals surface area contributed by atoms with Gasteiger partial charge < -0.3 is 15.7 Å². The number of rotatable bonds is 7. The third-order valence-electron chi connectivity index (χ3n) is 2.47. The molecule has 1 rings (SSSR count). The fourth-order valence-corrected chi connectivity index (χ4v) is 2.33. The Morgan fingerprint density at radius 2 is 2.26 bits per heavy atom. The average molecular weight is 285 g/mol. The van der Waals surface area contributed by atoms with E-state index in [4.69, 9.17) is 5.11 Å². The Morgan fingerprint density at radius 1 is 1.53 bits per heavy atom. The number of carbonyl (C=O) groups excluding carboxylic acids is 1. The van der Waals surface area contributed by atoms with Crippen LogP contribution in [0.4, 0.5) is 4.79 Å². The van der Waals surface area contributed by atoms with Crippen LogP contribution < -0.4 is 10.6 Å². The average Bonchev–Trinajstić information content (AvgIpc) is 2.74. The summed E-state index contributed by atoms with van der Waals surface area (Å²) in [6.45, 7) is 4.24. The SMILES string of the molecule is CCC[C@H](NC(=O)NCCc1nc(C)cs1)C(=O)O. The van der Waals surface area contributed by atoms with Gasteiger partial charge in [-0.2, -0.15) is 0 Å². The van der Waals surface area contributed by atoms with Crippen LogP contribution in [0.2, 0.25) is 0 Å². The van der Waals surface area contributed by atoms with Gasteiger partial charge in [-0.3, -0.25) is 0 Å². The Balaban J connectivity index is 2.28. The van der Waals surface area contributed by atoms with Gasteiger partial charge in [0.1, 0.15) is 6.04 Å². The van der Waals surface area contributed by atoms with E-state index in [1.807, 2.05) is 19.2 Å². The Labute approximate surface area is 116 Å². The zero-order chi connectivity index (χ0) is 14.3. The van der Waals surface area contributed by atoms with E-state index in [1.165, 1.54) is 0 Å². The molecule has 0 saturated carbocycles. The molecule has 2 amide bonds. The van der Waals surface area contributed by atoms with Crippen molar-refractivity contribution < 1.29 is 14.7 Å². The van der Waals surface area contributed by atoms with Gasteiger partial charge in [0, 0.05) is 24.0 Å². The second-order valence-corrected chi connectivity index (χ2v) is 5.16. The summed E-state index contributed by atoms with van der Waals surface area (Å²) in [6, 6.07) is -1.28. The van der Waals surface area contributed by atoms with Crippen LogP contribution in [-0.2, 0) is 11.2 Å². The maximum Gasteiger partial charge on any atom is 0.326 e. The van der Waals surface area contributed by atoms with Crippen LogP contribution in [-0.4, -0.2) is 34.7 Å². The standard InChI is InChI=1S/C12H19N3O3S/c1-3-4-9(11(16)17)15-12(18)13-6-5-10-14-8(2)7-19-10/h7,9H,3-6H2,1-2H3,(H,16,17)(H2,13,15,18)/t9-/m0/s1. The van der Waals surface area contributed by atoms with Crippen molar-refractivity contribution in [3.8, 4) is 0 Å². The van der Waals surface area contributed by atoms with E-state index in [9.17, 15) is 9.59 Å². The van der Waals surface area contributed by atoms with Crippen LogP contribution in [0.15, 0.2) is 5.38 Å². The largest absolute Gasteiger partial charge is 0.480 e. The van der Waals surface area contributed by atoms with Crippen LogP contribution >= 0.6 is 11.3 Å². The Morgan fingerprint density at radius 3 is 2.79 bits per heavy atom. The van der Waals surface area contributed by atoms with Gasteiger partial charge in [-0.1, -0.05) is 13.3 Å². The molecule has 19 heavy (non-hydrogen) atoms. The summed E-state index contributed by atoms with van der Waals surface area (Å²) < 4.78 is 0. The number of thiazole rings is 1. The van der Waals surface area contributed by atoms with Crippen LogP contribution in [0.3, 0.4) is 0 Å². The number of carbonyl (C=O) groups is 2. The third kappa shape index (κ3) is 5.69. The van der Waals surface area contributed by atoms with Crippen molar-refractivity contribution in [3.63, 3.8) is 0 Å². The molecule has 1 aromatic heterocycles. The zero-order valence-electron chi connectivity index (χ0n) is 11.1. The minimum atomic E-state index is -1.01. The molecule has 0 aliphatic rings. The van der Waals surface area contributed by atoms with E-state index in [0.29, 0.717) is 25.8 Å². The van der Waals surface area contributed by atoms with Gasteiger partial charge in [-0.05, 0) is 13.3 Å². The van der Waals surface area contributed by atoms with Crippen LogP contribution in [0, 0.1) is 6.92 Å². The van der Waals surface area contributed by atoms with Gasteiger partial charge >= 0.3 is 12.0 Å². The van der Waals surface area contributed by atoms with E-state index in [2.05, 4.69) is 15.6 Å². The van der Waals surface area contributed by atoms with Crippen LogP contribution in [0.25, 0.3) is 0 Å². The second-order valence-electron chi connectivity index (χ2n) is 4.21. The third-order valence-corrected chi connectivity index (χ3v) is 3.50. The van der Waals surface area contributed by atoms with E-state index in [-0.39, 0.29) is 0 Å². The first kappa shape index (κ1) is 15.4. The summed E-state index contributed by atoms with van der Waals surface area (Å²) in [5, 5.41) is 16.9. The van der Waals surface area contributed by atoms with Crippen molar-refractivity contribution in [2.75, 3.05) is 6.54 Å². The molecule has 0 spiro atoms. The number of amides is 2. The summed E-state index contributed by atoms with van der Waals surface area (Å²) in [4.78, 5) is 26.7. The van der Waals surface area contributed by atoms with Crippen molar-refractivity contribution >= 4 is 23.3 Å². The maximum absolute atomic E-state index is 11.5. The van der Waals surface area contributed by atoms with Gasteiger partial charge in [0.15, 0.2) is 0 Å². The molecule has 0 bridgehead atoms. The van der Waals surface area contributed by atoms with Crippen molar-refractivity contribution in [1.29, 1.82) is 0 Å². The Kier molecular flexibility index (Phi) is 6.27. The van der Waals surface area contributed by atoms with Crippen molar-refractivity contribution in [3.05, 3.63) is 16.1 Å². The maximum atomic E-state index is 11.5. The summed E-state index contributed by atoms with van der Waals surface area (Å²) in [5.74, 6) is -1.01. The van der Waals surface area contributed by atoms with Gasteiger partial charge in [-0.25, -0.2) is 14.6 Å². The molecule has 0 radical (unpaired) electrons. The lowest BCUT2D eigenvalue weighted by Crippen LogP contribution is -2.46. The molecule has 0 fully saturated rings. The minimum absolute atomic E-state index is 0.425. The molecular weight excluding hydrogens is 266 g/mol. The number of aliphatic carboxylic acids is 1. The number of nitrogens with one attached hydrogen (secondary N) is 2. The molecule has 1 heterocycles. The highest BCUT2D eigenvalue weighted by molar-refractivity contribution is 7.09. The topological polar surface area (TPSA) is 91.3 Å². The first-order valence-electron chi connectivity index (χ1n) is 6.21. The minimum Gasteiger partial charge on any atom is -0.480 e. The molecule has 0 unspecified atom stereocenters. The van der Waals surface area contributed by atoms with E-state index < -0.39 is 18.0 Å². The number of nitrogens with zero attached hydrogens (tertiary/aromatic N) is 1. The number of urea groups is 1. The van der Waals surface area contributed by atoms with Gasteiger partial charge in [0.2, 0.25) is 0 Å². The number of aromatic nitrogens is 1. The lowest BCUT2D eigenvalue weighted by atomic mass is 10.2. The van der Waals surface area contributed by atoms with Gasteiger partial charge in [0.25, 0.3) is 0 Å². The van der Waals surface area contributed by atoms with Gasteiger partial charge in [-0.15, -0.1) is 11.3 Å². The summed E-state index contributed by atoms with van der Waals surface area (Å²) >= 11 is 1.55. The molecule has 106 valence electrons. The highest BCUT2D eigenvalue weighted by atomic mass is 32.1. The zero-order valence-corrected chi connectivity index (χ0v) is 11.9. The Bertz CT molecular complexity index is 434. The summed E-state index contributed by atoms with van der Waals surface area (Å²) in [5.41, 5.74) is 0.971. The molecule has 0 saturated heterocycles. The first-order valence-corrected chi connectivity index (χ1v) is 7.09. The van der Waals surface area contributed by atoms with Crippen LogP contribution in [0.1, 0.15) is 30.5 Å². The number of hydrogen-bond acceptors (Lipinski definition) is 4. The molecule has 0 aliphatic carbocycles. The van der Waals surface area contributed by atoms with Gasteiger partial charge in [0.05, 0.1) is 5.01 Å². The smallest absolute Gasteiger partial charge is 0.326 e. The molecule has 1 atom stereocenters. The predicted molar refractivity (Wildman–Crippen MR) is 73.4 cm³/mol. The van der Waals surface area contributed by atoms with Crippen LogP contribution in [0.5, 0.6) is 0 Å². The molecular formula is C12H19N3O3S. The number of carboxylic acid groups (broad SMARTS) is 1. The summed E-state index contributed by atoms with van der Waals surface area (Å²) in [7, 11) is 0. The fraction of sp³-hybridized carbons (Fsp3) is 0.583. The monoisotopic (exact) mass is 285 g/mol. The Hall–Kier alpha value is -1.63. The number of aryl methyl sites for hydroxylation is 1. The molecule has 0 aromatic carbocycles. The molecule has 7 heteroatoms. The number of carboxylic acids is 1. The second kappa shape index (κ2) is 7.73. The first-order chi connectivity index (χ1) is 9.02. The predicted octanol–water partition coefficient (Wildman–Crippen LogP) is 1.55. The van der Waals surface area contributed by atoms with Crippen molar-refractivity contribution in [1.82, 2.24) is 15.6 Å². The van der Waals surface area contributed by atoms with E-state index in [1.54, 1.807) is 11.3 Å². The molecule has 3 N–H and O–H groups in total. The molecule has 6 nitrogen and oxygen atoms in total. The fourth-order valence-electron chi connectivity index (χ4n) is 1.56. The molecule has 0 aliphatic heterocycles. The normalized spacial score (nSPS) is 11.9. The number of hydrogen-bond donors (Lipinski definition) is 3. The van der Waals surface area contributed by atoms with Crippen molar-refractivity contribution in [2.45, 2.75) is 39.2 Å². The van der Waals surface area contributed by atoms with E-state index >= 15 is 0 Å². The van der Waals surface area contributed by atoms with Crippen molar-refractivity contribution in [2.24, 2.45) is 0 Å². The highest BCUT2D eigenvalue weighted by Crippen LogP contribution is 2.08. The molecule has 1 aromatic rings. The lowest BCUT2D eigenvalue weighted by Gasteiger charge is -2.13. The quantitative estimate of drug-likeness (QED) is 0.708. The van der Waals surface area contributed by atoms with E-state index in [0.717, 1.165) is 10.7 Å².